The van der Waals surface area contributed by atoms with E-state index < -0.39 is 0 Å². The summed E-state index contributed by atoms with van der Waals surface area (Å²) < 4.78 is 13.6. The Bertz CT molecular complexity index is 1210. The summed E-state index contributed by atoms with van der Waals surface area (Å²) in [5.74, 6) is 0.818. The maximum absolute atomic E-state index is 6.01. The van der Waals surface area contributed by atoms with Crippen molar-refractivity contribution in [3.63, 3.8) is 0 Å². The topological polar surface area (TPSA) is 23.4 Å². The molecule has 168 valence electrons. The van der Waals surface area contributed by atoms with Crippen LogP contribution < -0.4 is 4.74 Å². The van der Waals surface area contributed by atoms with E-state index >= 15 is 0 Å². The second-order valence-electron chi connectivity index (χ2n) is 10.8. The van der Waals surface area contributed by atoms with Crippen molar-refractivity contribution in [3.05, 3.63) is 71.3 Å². The fraction of sp³-hybridized carbons (Fsp3) is 0.379. The summed E-state index contributed by atoms with van der Waals surface area (Å²) in [7, 11) is 1.65. The molecule has 1 heterocycles. The third-order valence-corrected chi connectivity index (χ3v) is 6.19. The molecule has 0 radical (unpaired) electrons. The molecule has 0 aliphatic rings. The molecule has 3 heteroatoms. The van der Waals surface area contributed by atoms with Gasteiger partial charge in [-0.2, -0.15) is 0 Å². The van der Waals surface area contributed by atoms with E-state index in [1.807, 2.05) is 6.07 Å². The number of aromatic nitrogens is 1. The highest BCUT2D eigenvalue weighted by molar-refractivity contribution is 6.10. The molecule has 3 nitrogen and oxygen atoms in total. The molecule has 0 saturated carbocycles. The van der Waals surface area contributed by atoms with E-state index in [0.717, 1.165) is 11.4 Å². The maximum atomic E-state index is 6.01. The van der Waals surface area contributed by atoms with Crippen molar-refractivity contribution < 1.29 is 9.47 Å². The van der Waals surface area contributed by atoms with Crippen molar-refractivity contribution in [1.82, 2.24) is 4.57 Å². The van der Waals surface area contributed by atoms with E-state index in [2.05, 4.69) is 102 Å². The van der Waals surface area contributed by atoms with E-state index in [-0.39, 0.29) is 17.6 Å². The van der Waals surface area contributed by atoms with Crippen LogP contribution in [0.4, 0.5) is 0 Å². The van der Waals surface area contributed by atoms with Gasteiger partial charge in [-0.1, -0.05) is 71.9 Å². The number of aryl methyl sites for hydroxylation is 1. The zero-order valence-corrected chi connectivity index (χ0v) is 20.7. The van der Waals surface area contributed by atoms with Gasteiger partial charge in [0.1, 0.15) is 5.75 Å². The highest BCUT2D eigenvalue weighted by atomic mass is 16.7. The molecule has 0 bridgehead atoms. The number of rotatable bonds is 4. The first-order valence-electron chi connectivity index (χ1n) is 11.3. The van der Waals surface area contributed by atoms with Gasteiger partial charge in [0, 0.05) is 17.9 Å². The minimum Gasteiger partial charge on any atom is -0.465 e. The smallest absolute Gasteiger partial charge is 0.188 e. The molecule has 4 rings (SSSR count). The second-order valence-corrected chi connectivity index (χ2v) is 10.8. The number of ether oxygens (including phenoxy) is 2. The van der Waals surface area contributed by atoms with E-state index in [1.54, 1.807) is 7.11 Å². The molecular weight excluding hydrogens is 394 g/mol. The fourth-order valence-corrected chi connectivity index (χ4v) is 4.26. The lowest BCUT2D eigenvalue weighted by molar-refractivity contribution is 0.0511. The third-order valence-electron chi connectivity index (χ3n) is 6.19. The van der Waals surface area contributed by atoms with Crippen LogP contribution >= 0.6 is 0 Å². The summed E-state index contributed by atoms with van der Waals surface area (Å²) in [6.45, 7) is 15.9. The number of methoxy groups -OCH3 is 1. The molecule has 0 N–H and O–H groups in total. The first kappa shape index (κ1) is 22.4. The molecule has 0 saturated heterocycles. The van der Waals surface area contributed by atoms with Crippen LogP contribution in [0.1, 0.15) is 58.2 Å². The van der Waals surface area contributed by atoms with Crippen LogP contribution in [0.2, 0.25) is 0 Å². The van der Waals surface area contributed by atoms with Crippen LogP contribution in [0.3, 0.4) is 0 Å². The molecule has 3 aromatic carbocycles. The fourth-order valence-electron chi connectivity index (χ4n) is 4.26. The molecule has 0 spiro atoms. The summed E-state index contributed by atoms with van der Waals surface area (Å²) in [4.78, 5) is 0. The van der Waals surface area contributed by atoms with Crippen LogP contribution in [0.5, 0.6) is 5.75 Å². The quantitative estimate of drug-likeness (QED) is 0.311. The highest BCUT2D eigenvalue weighted by Crippen LogP contribution is 2.39. The second kappa shape index (κ2) is 7.97. The summed E-state index contributed by atoms with van der Waals surface area (Å²) in [6, 6.07) is 20.1. The third kappa shape index (κ3) is 4.02. The van der Waals surface area contributed by atoms with Crippen LogP contribution in [0.25, 0.3) is 27.5 Å². The number of hydrogen-bond acceptors (Lipinski definition) is 2. The minimum atomic E-state index is 0.0635. The number of benzene rings is 3. The SMILES string of the molecule is COCOc1ccc(C)cc1-n1c2cc(C(C)(C)C)ccc2c2ccc(C(C)(C)C)cc21. The lowest BCUT2D eigenvalue weighted by atomic mass is 9.86. The number of nitrogens with zero attached hydrogens (tertiary/aromatic N) is 1. The van der Waals surface area contributed by atoms with Gasteiger partial charge < -0.3 is 14.0 Å². The molecule has 4 aromatic rings. The first-order chi connectivity index (χ1) is 15.0. The maximum Gasteiger partial charge on any atom is 0.188 e. The molecule has 0 amide bonds. The first-order valence-corrected chi connectivity index (χ1v) is 11.3. The predicted molar refractivity (Wildman–Crippen MR) is 135 cm³/mol. The monoisotopic (exact) mass is 429 g/mol. The Labute approximate surface area is 192 Å². The molecule has 0 fully saturated rings. The van der Waals surface area contributed by atoms with E-state index in [4.69, 9.17) is 9.47 Å². The molecule has 0 aliphatic carbocycles. The summed E-state index contributed by atoms with van der Waals surface area (Å²) >= 11 is 0. The average molecular weight is 430 g/mol. The van der Waals surface area contributed by atoms with E-state index in [1.165, 1.54) is 38.5 Å². The van der Waals surface area contributed by atoms with Crippen molar-refractivity contribution in [2.24, 2.45) is 0 Å². The Morgan fingerprint density at radius 1 is 0.719 bits per heavy atom. The van der Waals surface area contributed by atoms with Gasteiger partial charge in [-0.15, -0.1) is 0 Å². The van der Waals surface area contributed by atoms with Crippen molar-refractivity contribution in [2.45, 2.75) is 59.3 Å². The van der Waals surface area contributed by atoms with Gasteiger partial charge in [0.2, 0.25) is 0 Å². The van der Waals surface area contributed by atoms with Gasteiger partial charge >= 0.3 is 0 Å². The van der Waals surface area contributed by atoms with Gasteiger partial charge in [0.15, 0.2) is 6.79 Å². The van der Waals surface area contributed by atoms with Gasteiger partial charge in [-0.25, -0.2) is 0 Å². The zero-order chi connectivity index (χ0) is 23.3. The largest absolute Gasteiger partial charge is 0.465 e. The Balaban J connectivity index is 2.14. The Morgan fingerprint density at radius 2 is 1.25 bits per heavy atom. The number of hydrogen-bond donors (Lipinski definition) is 0. The van der Waals surface area contributed by atoms with E-state index in [9.17, 15) is 0 Å². The lowest BCUT2D eigenvalue weighted by Gasteiger charge is -2.21. The van der Waals surface area contributed by atoms with Gasteiger partial charge in [-0.3, -0.25) is 0 Å². The normalized spacial score (nSPS) is 12.6. The molecule has 0 unspecified atom stereocenters. The summed E-state index contributed by atoms with van der Waals surface area (Å²) in [5.41, 5.74) is 7.40. The molecule has 0 atom stereocenters. The lowest BCUT2D eigenvalue weighted by Crippen LogP contribution is -2.11. The minimum absolute atomic E-state index is 0.0635. The molecule has 1 aromatic heterocycles. The zero-order valence-electron chi connectivity index (χ0n) is 20.7. The summed E-state index contributed by atoms with van der Waals surface area (Å²) in [6.07, 6.45) is 0. The number of fused-ring (bicyclic) bond motifs is 3. The van der Waals surface area contributed by atoms with Crippen molar-refractivity contribution in [2.75, 3.05) is 13.9 Å². The van der Waals surface area contributed by atoms with E-state index in [0.29, 0.717) is 0 Å². The van der Waals surface area contributed by atoms with Crippen LogP contribution in [0.15, 0.2) is 54.6 Å². The van der Waals surface area contributed by atoms with Crippen molar-refractivity contribution in [1.29, 1.82) is 0 Å². The standard InChI is InChI=1S/C29H35NO2/c1-19-9-14-27(32-18-31-8)26(15-19)30-24-16-20(28(2,3)4)10-12-22(24)23-13-11-21(17-25(23)30)29(5,6)7/h9-17H,18H2,1-8H3. The van der Waals surface area contributed by atoms with Crippen LogP contribution in [-0.4, -0.2) is 18.5 Å². The van der Waals surface area contributed by atoms with Crippen molar-refractivity contribution >= 4 is 21.8 Å². The molecule has 32 heavy (non-hydrogen) atoms. The summed E-state index contributed by atoms with van der Waals surface area (Å²) in [5, 5.41) is 2.51. The molecular formula is C29H35NO2. The van der Waals surface area contributed by atoms with Gasteiger partial charge in [-0.05, 0) is 58.7 Å². The van der Waals surface area contributed by atoms with Gasteiger partial charge in [0.05, 0.1) is 16.7 Å². The average Bonchev–Trinajstić information content (AvgIpc) is 3.04. The van der Waals surface area contributed by atoms with Gasteiger partial charge in [0.25, 0.3) is 0 Å². The Kier molecular flexibility index (Phi) is 5.58. The van der Waals surface area contributed by atoms with Crippen LogP contribution in [-0.2, 0) is 15.6 Å². The highest BCUT2D eigenvalue weighted by Gasteiger charge is 2.22. The predicted octanol–water partition coefficient (Wildman–Crippen LogP) is 7.67. The Hall–Kier alpha value is -2.78. The molecule has 0 aliphatic heterocycles. The van der Waals surface area contributed by atoms with Crippen LogP contribution in [0, 0.1) is 6.92 Å². The Morgan fingerprint density at radius 3 is 1.72 bits per heavy atom. The van der Waals surface area contributed by atoms with Crippen molar-refractivity contribution in [3.8, 4) is 11.4 Å².